The predicted molar refractivity (Wildman–Crippen MR) is 253 cm³/mol. The summed E-state index contributed by atoms with van der Waals surface area (Å²) in [7, 11) is 0. The molecule has 2 unspecified atom stereocenters. The molecule has 5 aromatic carbocycles. The van der Waals surface area contributed by atoms with Gasteiger partial charge in [-0.1, -0.05) is 92.8 Å². The lowest BCUT2D eigenvalue weighted by atomic mass is 10.1. The van der Waals surface area contributed by atoms with Gasteiger partial charge in [-0.25, -0.2) is 0 Å². The first-order chi connectivity index (χ1) is 30.2. The molecule has 5 aromatic rings. The number of nitrogens with zero attached hydrogens (tertiary/aromatic N) is 4. The molecule has 14 nitrogen and oxygen atoms in total. The summed E-state index contributed by atoms with van der Waals surface area (Å²) >= 11 is 49.1. The Labute approximate surface area is 405 Å². The zero-order chi connectivity index (χ0) is 47.2. The Morgan fingerprint density at radius 3 is 1.23 bits per heavy atom. The average Bonchev–Trinajstić information content (AvgIpc) is 3.23. The van der Waals surface area contributed by atoms with Crippen LogP contribution in [0.25, 0.3) is 0 Å². The first-order valence-electron chi connectivity index (χ1n) is 18.2. The van der Waals surface area contributed by atoms with Crippen molar-refractivity contribution in [2.24, 2.45) is 20.5 Å². The van der Waals surface area contributed by atoms with Gasteiger partial charge in [-0.05, 0) is 112 Å². The Morgan fingerprint density at radius 1 is 0.469 bits per heavy atom. The molecule has 0 saturated heterocycles. The number of rotatable bonds is 14. The third-order valence-electron chi connectivity index (χ3n) is 8.85. The number of carbonyl (C=O) groups excluding carboxylic acids is 6. The Morgan fingerprint density at radius 2 is 0.844 bits per heavy atom. The van der Waals surface area contributed by atoms with Crippen LogP contribution in [0.3, 0.4) is 0 Å². The van der Waals surface area contributed by atoms with Gasteiger partial charge in [0, 0.05) is 11.4 Å². The number of amides is 4. The molecule has 0 spiro atoms. The van der Waals surface area contributed by atoms with Crippen LogP contribution in [0.15, 0.2) is 93.3 Å². The number of benzene rings is 5. The molecular weight excluding hydrogens is 996 g/mol. The van der Waals surface area contributed by atoms with E-state index in [4.69, 9.17) is 92.8 Å². The van der Waals surface area contributed by atoms with Crippen LogP contribution in [0.1, 0.15) is 45.7 Å². The lowest BCUT2D eigenvalue weighted by Gasteiger charge is -2.17. The zero-order valence-electron chi connectivity index (χ0n) is 33.3. The minimum Gasteiger partial charge on any atom is -0.324 e. The highest BCUT2D eigenvalue weighted by Crippen LogP contribution is 2.38. The van der Waals surface area contributed by atoms with Gasteiger partial charge >= 0.3 is 0 Å². The molecular formula is C42H30Cl8N8O6. The van der Waals surface area contributed by atoms with E-state index in [9.17, 15) is 28.8 Å². The SMILES string of the molecule is CC(=O)C(N=Nc1ccc(Cl)c(C(=O)Nc2ccc(Cl)c(Cl)c2Cl)c1)C(=O)Nc1cc(C)c(NC(=O)C(N=Nc2ccc(Cl)c(C(=O)Nc3ccc(Cl)c(Cl)c3Cl)c2)C(C)=O)c(C)c1. The molecule has 4 N–H and O–H groups in total. The summed E-state index contributed by atoms with van der Waals surface area (Å²) in [5, 5.41) is 27.1. The number of hydrogen-bond acceptors (Lipinski definition) is 10. The topological polar surface area (TPSA) is 200 Å². The van der Waals surface area contributed by atoms with E-state index in [1.165, 1.54) is 72.8 Å². The molecule has 0 radical (unpaired) electrons. The van der Waals surface area contributed by atoms with Crippen LogP contribution < -0.4 is 21.3 Å². The fraction of sp³-hybridized carbons (Fsp3) is 0.143. The van der Waals surface area contributed by atoms with E-state index in [1.807, 2.05) is 0 Å². The number of azo groups is 2. The number of carbonyl (C=O) groups is 6. The second-order valence-electron chi connectivity index (χ2n) is 13.6. The largest absolute Gasteiger partial charge is 0.324 e. The fourth-order valence-corrected chi connectivity index (χ4v) is 7.22. The minimum atomic E-state index is -1.60. The number of halogens is 8. The molecule has 0 aliphatic heterocycles. The highest BCUT2D eigenvalue weighted by molar-refractivity contribution is 6.50. The molecule has 2 atom stereocenters. The molecule has 4 amide bonds. The van der Waals surface area contributed by atoms with E-state index in [1.54, 1.807) is 13.8 Å². The number of anilines is 4. The fourth-order valence-electron chi connectivity index (χ4n) is 5.64. The van der Waals surface area contributed by atoms with Gasteiger partial charge in [0.1, 0.15) is 0 Å². The molecule has 22 heteroatoms. The summed E-state index contributed by atoms with van der Waals surface area (Å²) in [6.07, 6.45) is 0. The highest BCUT2D eigenvalue weighted by atomic mass is 35.5. The van der Waals surface area contributed by atoms with Crippen LogP contribution in [0, 0.1) is 13.8 Å². The quantitative estimate of drug-likeness (QED) is 0.0484. The third-order valence-corrected chi connectivity index (χ3v) is 12.1. The summed E-state index contributed by atoms with van der Waals surface area (Å²) < 4.78 is 0. The Kier molecular flexibility index (Phi) is 16.9. The van der Waals surface area contributed by atoms with Crippen molar-refractivity contribution < 1.29 is 28.8 Å². The van der Waals surface area contributed by atoms with Crippen LogP contribution in [0.5, 0.6) is 0 Å². The van der Waals surface area contributed by atoms with Crippen molar-refractivity contribution in [2.45, 2.75) is 39.8 Å². The first-order valence-corrected chi connectivity index (χ1v) is 21.2. The van der Waals surface area contributed by atoms with Crippen molar-refractivity contribution >= 4 is 162 Å². The molecule has 330 valence electrons. The van der Waals surface area contributed by atoms with Crippen LogP contribution in [-0.4, -0.2) is 47.3 Å². The smallest absolute Gasteiger partial charge is 0.258 e. The Bertz CT molecular complexity index is 2800. The second kappa shape index (κ2) is 21.7. The molecule has 5 rings (SSSR count). The van der Waals surface area contributed by atoms with Gasteiger partial charge in [0.2, 0.25) is 12.1 Å². The summed E-state index contributed by atoms with van der Waals surface area (Å²) in [6, 6.07) is 13.9. The van der Waals surface area contributed by atoms with Crippen molar-refractivity contribution in [2.75, 3.05) is 21.3 Å². The lowest BCUT2D eigenvalue weighted by molar-refractivity contribution is -0.127. The van der Waals surface area contributed by atoms with Crippen molar-refractivity contribution in [1.82, 2.24) is 0 Å². The van der Waals surface area contributed by atoms with Crippen LogP contribution in [-0.2, 0) is 19.2 Å². The van der Waals surface area contributed by atoms with Crippen molar-refractivity contribution in [1.29, 1.82) is 0 Å². The van der Waals surface area contributed by atoms with E-state index in [-0.39, 0.29) is 79.7 Å². The molecule has 0 bridgehead atoms. The summed E-state index contributed by atoms with van der Waals surface area (Å²) in [4.78, 5) is 78.2. The van der Waals surface area contributed by atoms with E-state index in [0.717, 1.165) is 13.8 Å². The van der Waals surface area contributed by atoms with Crippen LogP contribution >= 0.6 is 92.8 Å². The summed E-state index contributed by atoms with van der Waals surface area (Å²) in [6.45, 7) is 5.59. The standard InChI is InChI=1S/C42H30Cl8N8O6/c1-17-13-23(51-41(63)37(19(3)59)57-55-21-5-7-26(43)24(15-21)39(61)52-30-11-9-28(45)32(47)34(30)49)14-18(2)36(17)54-42(64)38(20(4)60)58-56-22-6-8-27(44)25(16-22)40(62)53-31-12-10-29(46)33(48)35(31)50/h5-16,37-38H,1-4H3,(H,51,63)(H,52,61)(H,53,62)(H,54,64). The summed E-state index contributed by atoms with van der Waals surface area (Å²) in [5.74, 6) is -4.27. The monoisotopic (exact) mass is 1020 g/mol. The van der Waals surface area contributed by atoms with Crippen LogP contribution in [0.4, 0.5) is 34.1 Å². The maximum absolute atomic E-state index is 13.4. The molecule has 0 heterocycles. The number of Topliss-reactive ketones (excluding diaryl/α,β-unsaturated/α-hetero) is 2. The van der Waals surface area contributed by atoms with Crippen LogP contribution in [0.2, 0.25) is 40.2 Å². The molecule has 0 saturated carbocycles. The normalized spacial score (nSPS) is 12.2. The van der Waals surface area contributed by atoms with Gasteiger partial charge < -0.3 is 21.3 Å². The van der Waals surface area contributed by atoms with Gasteiger partial charge in [-0.2, -0.15) is 20.5 Å². The van der Waals surface area contributed by atoms with Gasteiger partial charge in [0.25, 0.3) is 23.6 Å². The third kappa shape index (κ3) is 12.1. The molecule has 0 fully saturated rings. The van der Waals surface area contributed by atoms with Gasteiger partial charge in [-0.3, -0.25) is 28.8 Å². The average molecular weight is 1030 g/mol. The van der Waals surface area contributed by atoms with E-state index in [0.29, 0.717) is 16.8 Å². The second-order valence-corrected chi connectivity index (χ2v) is 16.7. The number of ketones is 2. The van der Waals surface area contributed by atoms with Gasteiger partial charge in [-0.15, -0.1) is 0 Å². The maximum atomic E-state index is 13.4. The van der Waals surface area contributed by atoms with E-state index in [2.05, 4.69) is 41.7 Å². The minimum absolute atomic E-state index is 0.0146. The highest BCUT2D eigenvalue weighted by Gasteiger charge is 2.27. The zero-order valence-corrected chi connectivity index (χ0v) is 39.4. The Balaban J connectivity index is 1.26. The number of nitrogens with one attached hydrogen (secondary N) is 4. The van der Waals surface area contributed by atoms with E-state index >= 15 is 0 Å². The predicted octanol–water partition coefficient (Wildman–Crippen LogP) is 13.4. The summed E-state index contributed by atoms with van der Waals surface area (Å²) in [5.41, 5.74) is 1.97. The lowest BCUT2D eigenvalue weighted by Crippen LogP contribution is -2.33. The molecule has 0 aliphatic carbocycles. The van der Waals surface area contributed by atoms with E-state index < -0.39 is 47.3 Å². The van der Waals surface area contributed by atoms with Crippen molar-refractivity contribution in [3.8, 4) is 0 Å². The molecule has 0 aliphatic rings. The van der Waals surface area contributed by atoms with Gasteiger partial charge in [0.05, 0.1) is 74.1 Å². The molecule has 0 aromatic heterocycles. The first kappa shape index (κ1) is 49.8. The number of aryl methyl sites for hydroxylation is 2. The van der Waals surface area contributed by atoms with Crippen molar-refractivity contribution in [3.05, 3.63) is 135 Å². The number of hydrogen-bond donors (Lipinski definition) is 4. The van der Waals surface area contributed by atoms with Crippen molar-refractivity contribution in [3.63, 3.8) is 0 Å². The Hall–Kier alpha value is -5.16. The molecule has 64 heavy (non-hydrogen) atoms. The maximum Gasteiger partial charge on any atom is 0.258 e. The van der Waals surface area contributed by atoms with Gasteiger partial charge in [0.15, 0.2) is 11.6 Å².